The Morgan fingerprint density at radius 2 is 1.89 bits per heavy atom. The number of amides is 1. The number of aliphatic hydroxyl groups excluding tert-OH is 1. The molecular formula is C20H23Cl2FN2O2. The number of nitrogens with zero attached hydrogens (tertiary/aromatic N) is 1. The van der Waals surface area contributed by atoms with Crippen LogP contribution in [0.4, 0.5) is 4.39 Å². The van der Waals surface area contributed by atoms with Crippen molar-refractivity contribution in [1.29, 1.82) is 0 Å². The van der Waals surface area contributed by atoms with E-state index in [0.29, 0.717) is 40.7 Å². The Bertz CT molecular complexity index is 787. The molecule has 1 amide bonds. The molecule has 4 nitrogen and oxygen atoms in total. The van der Waals surface area contributed by atoms with Crippen molar-refractivity contribution in [2.45, 2.75) is 26.4 Å². The number of halogens is 3. The first-order valence-electron chi connectivity index (χ1n) is 8.68. The predicted octanol–water partition coefficient (Wildman–Crippen LogP) is 3.94. The lowest BCUT2D eigenvalue weighted by Crippen LogP contribution is -2.37. The first-order valence-corrected chi connectivity index (χ1v) is 9.43. The van der Waals surface area contributed by atoms with Gasteiger partial charge in [-0.25, -0.2) is 4.39 Å². The van der Waals surface area contributed by atoms with Crippen LogP contribution in [0.5, 0.6) is 0 Å². The van der Waals surface area contributed by atoms with Gasteiger partial charge < -0.3 is 10.4 Å². The Morgan fingerprint density at radius 1 is 1.15 bits per heavy atom. The monoisotopic (exact) mass is 412 g/mol. The molecule has 146 valence electrons. The lowest BCUT2D eigenvalue weighted by molar-refractivity contribution is -0.122. The third-order valence-electron chi connectivity index (χ3n) is 4.12. The predicted molar refractivity (Wildman–Crippen MR) is 106 cm³/mol. The molecule has 0 unspecified atom stereocenters. The van der Waals surface area contributed by atoms with Crippen molar-refractivity contribution in [2.75, 3.05) is 19.7 Å². The van der Waals surface area contributed by atoms with E-state index in [1.807, 2.05) is 11.0 Å². The Balaban J connectivity index is 1.93. The van der Waals surface area contributed by atoms with Gasteiger partial charge in [-0.15, -0.1) is 0 Å². The quantitative estimate of drug-likeness (QED) is 0.655. The summed E-state index contributed by atoms with van der Waals surface area (Å²) in [7, 11) is 0. The average Bonchev–Trinajstić information content (AvgIpc) is 2.63. The summed E-state index contributed by atoms with van der Waals surface area (Å²) in [4.78, 5) is 14.2. The molecule has 0 aliphatic carbocycles. The molecule has 2 aromatic carbocycles. The van der Waals surface area contributed by atoms with Crippen LogP contribution in [0, 0.1) is 12.7 Å². The maximum absolute atomic E-state index is 13.6. The van der Waals surface area contributed by atoms with Crippen molar-refractivity contribution in [3.05, 3.63) is 69.0 Å². The molecule has 0 aliphatic heterocycles. The highest BCUT2D eigenvalue weighted by Gasteiger charge is 2.12. The van der Waals surface area contributed by atoms with Crippen molar-refractivity contribution >= 4 is 29.1 Å². The van der Waals surface area contributed by atoms with Crippen molar-refractivity contribution in [3.63, 3.8) is 0 Å². The van der Waals surface area contributed by atoms with Crippen LogP contribution in [-0.2, 0) is 17.9 Å². The third kappa shape index (κ3) is 7.11. The highest BCUT2D eigenvalue weighted by atomic mass is 35.5. The van der Waals surface area contributed by atoms with Gasteiger partial charge in [0.2, 0.25) is 5.91 Å². The second kappa shape index (κ2) is 10.6. The first kappa shape index (κ1) is 21.6. The number of nitrogens with one attached hydrogen (secondary N) is 1. The molecule has 0 atom stereocenters. The zero-order valence-corrected chi connectivity index (χ0v) is 16.7. The van der Waals surface area contributed by atoms with Crippen LogP contribution in [0.25, 0.3) is 0 Å². The van der Waals surface area contributed by atoms with Crippen molar-refractivity contribution < 1.29 is 14.3 Å². The molecule has 0 spiro atoms. The fourth-order valence-corrected chi connectivity index (χ4v) is 2.93. The van der Waals surface area contributed by atoms with E-state index in [0.717, 1.165) is 5.56 Å². The van der Waals surface area contributed by atoms with Gasteiger partial charge in [0.1, 0.15) is 5.82 Å². The number of rotatable bonds is 9. The molecule has 0 radical (unpaired) electrons. The normalized spacial score (nSPS) is 11.0. The maximum Gasteiger partial charge on any atom is 0.234 e. The maximum atomic E-state index is 13.6. The topological polar surface area (TPSA) is 52.6 Å². The van der Waals surface area contributed by atoms with Gasteiger partial charge in [0.25, 0.3) is 0 Å². The fraction of sp³-hybridized carbons (Fsp3) is 0.350. The molecule has 0 aliphatic rings. The Labute approximate surface area is 168 Å². The van der Waals surface area contributed by atoms with E-state index in [9.17, 15) is 9.18 Å². The minimum atomic E-state index is -0.286. The van der Waals surface area contributed by atoms with Gasteiger partial charge >= 0.3 is 0 Å². The molecule has 0 saturated carbocycles. The number of carbonyl (C=O) groups excluding carboxylic acids is 1. The highest BCUT2D eigenvalue weighted by molar-refractivity contribution is 6.42. The smallest absolute Gasteiger partial charge is 0.234 e. The first-order chi connectivity index (χ1) is 12.9. The molecule has 2 rings (SSSR count). The molecule has 2 N–H and O–H groups in total. The van der Waals surface area contributed by atoms with Gasteiger partial charge in [-0.1, -0.05) is 41.4 Å². The molecule has 7 heteroatoms. The van der Waals surface area contributed by atoms with Gasteiger partial charge in [-0.05, 0) is 48.2 Å². The largest absolute Gasteiger partial charge is 0.396 e. The number of carbonyl (C=O) groups is 1. The second-order valence-corrected chi connectivity index (χ2v) is 7.21. The average molecular weight is 413 g/mol. The zero-order chi connectivity index (χ0) is 19.8. The van der Waals surface area contributed by atoms with Gasteiger partial charge in [0, 0.05) is 26.2 Å². The Hall–Kier alpha value is -1.66. The summed E-state index contributed by atoms with van der Waals surface area (Å²) in [6.45, 7) is 3.22. The van der Waals surface area contributed by atoms with Gasteiger partial charge in [0.15, 0.2) is 0 Å². The van der Waals surface area contributed by atoms with Gasteiger partial charge in [-0.3, -0.25) is 9.69 Å². The van der Waals surface area contributed by atoms with Crippen LogP contribution < -0.4 is 5.32 Å². The van der Waals surface area contributed by atoms with Gasteiger partial charge in [-0.2, -0.15) is 0 Å². The third-order valence-corrected chi connectivity index (χ3v) is 4.85. The second-order valence-electron chi connectivity index (χ2n) is 6.40. The molecular weight excluding hydrogens is 390 g/mol. The van der Waals surface area contributed by atoms with Crippen molar-refractivity contribution in [3.8, 4) is 0 Å². The summed E-state index contributed by atoms with van der Waals surface area (Å²) in [5.41, 5.74) is 2.20. The molecule has 0 fully saturated rings. The van der Waals surface area contributed by atoms with E-state index < -0.39 is 0 Å². The summed E-state index contributed by atoms with van der Waals surface area (Å²) < 4.78 is 13.6. The fourth-order valence-electron chi connectivity index (χ4n) is 2.61. The minimum absolute atomic E-state index is 0.0438. The van der Waals surface area contributed by atoms with Crippen LogP contribution in [0.2, 0.25) is 10.0 Å². The van der Waals surface area contributed by atoms with E-state index in [-0.39, 0.29) is 31.4 Å². The van der Waals surface area contributed by atoms with E-state index in [2.05, 4.69) is 5.32 Å². The van der Waals surface area contributed by atoms with Crippen LogP contribution >= 0.6 is 23.2 Å². The number of hydrogen-bond acceptors (Lipinski definition) is 3. The summed E-state index contributed by atoms with van der Waals surface area (Å²) in [6.07, 6.45) is 0.553. The molecule has 2 aromatic rings. The summed E-state index contributed by atoms with van der Waals surface area (Å²) in [6, 6.07) is 10.2. The van der Waals surface area contributed by atoms with E-state index in [4.69, 9.17) is 28.3 Å². The molecule has 27 heavy (non-hydrogen) atoms. The van der Waals surface area contributed by atoms with Crippen LogP contribution in [0.1, 0.15) is 23.1 Å². The van der Waals surface area contributed by atoms with E-state index in [1.165, 1.54) is 6.07 Å². The zero-order valence-electron chi connectivity index (χ0n) is 15.1. The van der Waals surface area contributed by atoms with Crippen LogP contribution in [-0.4, -0.2) is 35.6 Å². The number of aliphatic hydroxyl groups is 1. The molecule has 0 saturated heterocycles. The van der Waals surface area contributed by atoms with Crippen molar-refractivity contribution in [2.24, 2.45) is 0 Å². The molecule has 0 heterocycles. The number of benzene rings is 2. The van der Waals surface area contributed by atoms with E-state index >= 15 is 0 Å². The van der Waals surface area contributed by atoms with Gasteiger partial charge in [0.05, 0.1) is 16.6 Å². The summed E-state index contributed by atoms with van der Waals surface area (Å²) in [5, 5.41) is 12.8. The molecule has 0 bridgehead atoms. The summed E-state index contributed by atoms with van der Waals surface area (Å²) >= 11 is 12.0. The SMILES string of the molecule is Cc1ccc(CNC(=O)CN(CCCO)Cc2ccc(Cl)c(Cl)c2)cc1F. The number of aryl methyl sites for hydroxylation is 1. The van der Waals surface area contributed by atoms with Crippen LogP contribution in [0.15, 0.2) is 36.4 Å². The minimum Gasteiger partial charge on any atom is -0.396 e. The number of hydrogen-bond donors (Lipinski definition) is 2. The summed E-state index contributed by atoms with van der Waals surface area (Å²) in [5.74, 6) is -0.458. The van der Waals surface area contributed by atoms with E-state index in [1.54, 1.807) is 31.2 Å². The standard InChI is InChI=1S/C20H23Cl2FN2O2/c1-14-3-4-15(10-19(14)23)11-24-20(27)13-25(7-2-8-26)12-16-5-6-17(21)18(22)9-16/h3-6,9-10,26H,2,7-8,11-13H2,1H3,(H,24,27). The molecule has 0 aromatic heterocycles. The Kier molecular flexibility index (Phi) is 8.51. The lowest BCUT2D eigenvalue weighted by Gasteiger charge is -2.22. The van der Waals surface area contributed by atoms with Crippen LogP contribution in [0.3, 0.4) is 0 Å². The highest BCUT2D eigenvalue weighted by Crippen LogP contribution is 2.23. The Morgan fingerprint density at radius 3 is 2.56 bits per heavy atom. The van der Waals surface area contributed by atoms with Crippen molar-refractivity contribution in [1.82, 2.24) is 10.2 Å². The lowest BCUT2D eigenvalue weighted by atomic mass is 10.1.